The number of aromatic nitrogens is 2. The zero-order valence-electron chi connectivity index (χ0n) is 13.1. The number of hydrogen-bond acceptors (Lipinski definition) is 2. The van der Waals surface area contributed by atoms with Gasteiger partial charge in [0, 0.05) is 0 Å². The SMILES string of the molecule is Cc1c(Cl)cnn1Cc1ccc(CCNCC(C)C)cc1. The van der Waals surface area contributed by atoms with Crippen molar-refractivity contribution in [3.05, 3.63) is 52.3 Å². The molecule has 1 aromatic carbocycles. The predicted molar refractivity (Wildman–Crippen MR) is 88.9 cm³/mol. The van der Waals surface area contributed by atoms with E-state index in [1.807, 2.05) is 11.6 Å². The molecule has 0 saturated carbocycles. The van der Waals surface area contributed by atoms with Crippen molar-refractivity contribution in [2.45, 2.75) is 33.7 Å². The Balaban J connectivity index is 1.86. The lowest BCUT2D eigenvalue weighted by Crippen LogP contribution is -2.22. The van der Waals surface area contributed by atoms with Gasteiger partial charge in [-0.05, 0) is 43.5 Å². The largest absolute Gasteiger partial charge is 0.316 e. The fraction of sp³-hybridized carbons (Fsp3) is 0.471. The van der Waals surface area contributed by atoms with Crippen LogP contribution in [0.15, 0.2) is 30.5 Å². The van der Waals surface area contributed by atoms with Gasteiger partial charge in [-0.25, -0.2) is 0 Å². The molecule has 21 heavy (non-hydrogen) atoms. The molecule has 0 radical (unpaired) electrons. The van der Waals surface area contributed by atoms with E-state index in [-0.39, 0.29) is 0 Å². The lowest BCUT2D eigenvalue weighted by molar-refractivity contribution is 0.554. The van der Waals surface area contributed by atoms with Gasteiger partial charge in [0.15, 0.2) is 0 Å². The molecule has 114 valence electrons. The average molecular weight is 306 g/mol. The summed E-state index contributed by atoms with van der Waals surface area (Å²) < 4.78 is 1.93. The number of benzene rings is 1. The highest BCUT2D eigenvalue weighted by atomic mass is 35.5. The number of nitrogens with one attached hydrogen (secondary N) is 1. The van der Waals surface area contributed by atoms with Crippen molar-refractivity contribution < 1.29 is 0 Å². The van der Waals surface area contributed by atoms with Gasteiger partial charge >= 0.3 is 0 Å². The zero-order valence-corrected chi connectivity index (χ0v) is 13.8. The highest BCUT2D eigenvalue weighted by Crippen LogP contribution is 2.15. The summed E-state index contributed by atoms with van der Waals surface area (Å²) in [6.07, 6.45) is 2.77. The highest BCUT2D eigenvalue weighted by molar-refractivity contribution is 6.31. The molecule has 3 nitrogen and oxygen atoms in total. The van der Waals surface area contributed by atoms with Gasteiger partial charge in [-0.1, -0.05) is 49.7 Å². The molecule has 0 aliphatic carbocycles. The Hall–Kier alpha value is -1.32. The van der Waals surface area contributed by atoms with Gasteiger partial charge < -0.3 is 5.32 Å². The second-order valence-electron chi connectivity index (χ2n) is 5.90. The summed E-state index contributed by atoms with van der Waals surface area (Å²) in [4.78, 5) is 0. The van der Waals surface area contributed by atoms with E-state index in [2.05, 4.69) is 48.5 Å². The van der Waals surface area contributed by atoms with Gasteiger partial charge in [-0.2, -0.15) is 5.10 Å². The summed E-state index contributed by atoms with van der Waals surface area (Å²) in [5, 5.41) is 8.48. The summed E-state index contributed by atoms with van der Waals surface area (Å²) in [5.74, 6) is 0.705. The molecule has 1 N–H and O–H groups in total. The van der Waals surface area contributed by atoms with Crippen LogP contribution < -0.4 is 5.32 Å². The third-order valence-corrected chi connectivity index (χ3v) is 3.91. The monoisotopic (exact) mass is 305 g/mol. The van der Waals surface area contributed by atoms with Crippen molar-refractivity contribution in [2.24, 2.45) is 5.92 Å². The van der Waals surface area contributed by atoms with Crippen LogP contribution in [0.2, 0.25) is 5.02 Å². The first-order chi connectivity index (χ1) is 10.1. The fourth-order valence-corrected chi connectivity index (χ4v) is 2.33. The van der Waals surface area contributed by atoms with E-state index in [4.69, 9.17) is 11.6 Å². The molecule has 0 fully saturated rings. The zero-order chi connectivity index (χ0) is 15.2. The first-order valence-corrected chi connectivity index (χ1v) is 7.90. The molecule has 0 aliphatic rings. The number of nitrogens with zero attached hydrogens (tertiary/aromatic N) is 2. The average Bonchev–Trinajstić information content (AvgIpc) is 2.77. The first-order valence-electron chi connectivity index (χ1n) is 7.52. The van der Waals surface area contributed by atoms with Gasteiger partial charge in [0.2, 0.25) is 0 Å². The van der Waals surface area contributed by atoms with Crippen LogP contribution in [0.4, 0.5) is 0 Å². The second-order valence-corrected chi connectivity index (χ2v) is 6.31. The van der Waals surface area contributed by atoms with Crippen LogP contribution in [-0.4, -0.2) is 22.9 Å². The highest BCUT2D eigenvalue weighted by Gasteiger charge is 2.04. The topological polar surface area (TPSA) is 29.9 Å². The first kappa shape index (κ1) is 16.1. The van der Waals surface area contributed by atoms with E-state index in [0.717, 1.165) is 36.8 Å². The Morgan fingerprint density at radius 2 is 1.86 bits per heavy atom. The van der Waals surface area contributed by atoms with E-state index in [0.29, 0.717) is 5.92 Å². The van der Waals surface area contributed by atoms with Crippen molar-refractivity contribution in [1.82, 2.24) is 15.1 Å². The number of rotatable bonds is 7. The quantitative estimate of drug-likeness (QED) is 0.791. The van der Waals surface area contributed by atoms with Crippen LogP contribution in [-0.2, 0) is 13.0 Å². The summed E-state index contributed by atoms with van der Waals surface area (Å²) in [7, 11) is 0. The van der Waals surface area contributed by atoms with Gasteiger partial charge in [-0.15, -0.1) is 0 Å². The molecule has 2 aromatic rings. The van der Waals surface area contributed by atoms with Crippen LogP contribution in [0.1, 0.15) is 30.7 Å². The molecule has 0 atom stereocenters. The molecule has 0 bridgehead atoms. The molecule has 1 aromatic heterocycles. The Kier molecular flexibility index (Phi) is 5.83. The third kappa shape index (κ3) is 4.87. The smallest absolute Gasteiger partial charge is 0.0815 e. The molecule has 4 heteroatoms. The Morgan fingerprint density at radius 3 is 2.43 bits per heavy atom. The van der Waals surface area contributed by atoms with Crippen molar-refractivity contribution >= 4 is 11.6 Å². The van der Waals surface area contributed by atoms with Gasteiger partial charge in [0.25, 0.3) is 0 Å². The lowest BCUT2D eigenvalue weighted by Gasteiger charge is -2.08. The molecular weight excluding hydrogens is 282 g/mol. The maximum Gasteiger partial charge on any atom is 0.0815 e. The molecule has 0 aliphatic heterocycles. The second kappa shape index (κ2) is 7.62. The van der Waals surface area contributed by atoms with E-state index in [1.54, 1.807) is 6.20 Å². The van der Waals surface area contributed by atoms with E-state index >= 15 is 0 Å². The predicted octanol–water partition coefficient (Wildman–Crippen LogP) is 3.68. The fourth-order valence-electron chi connectivity index (χ4n) is 2.19. The summed E-state index contributed by atoms with van der Waals surface area (Å²) in [5.41, 5.74) is 3.63. The van der Waals surface area contributed by atoms with E-state index in [9.17, 15) is 0 Å². The van der Waals surface area contributed by atoms with Crippen LogP contribution in [0.5, 0.6) is 0 Å². The molecule has 0 saturated heterocycles. The van der Waals surface area contributed by atoms with Crippen LogP contribution >= 0.6 is 11.6 Å². The maximum absolute atomic E-state index is 6.02. The molecule has 0 spiro atoms. The minimum atomic E-state index is 0.705. The molecule has 2 rings (SSSR count). The van der Waals surface area contributed by atoms with Gasteiger partial charge in [0.05, 0.1) is 23.5 Å². The van der Waals surface area contributed by atoms with Crippen LogP contribution in [0, 0.1) is 12.8 Å². The van der Waals surface area contributed by atoms with Crippen molar-refractivity contribution in [3.8, 4) is 0 Å². The minimum Gasteiger partial charge on any atom is -0.316 e. The molecule has 1 heterocycles. The Labute approximate surface area is 132 Å². The standard InChI is InChI=1S/C17H24ClN3/c1-13(2)10-19-9-8-15-4-6-16(7-5-15)12-21-14(3)17(18)11-20-21/h4-7,11,13,19H,8-10,12H2,1-3H3. The summed E-state index contributed by atoms with van der Waals surface area (Å²) in [6.45, 7) is 9.33. The summed E-state index contributed by atoms with van der Waals surface area (Å²) in [6, 6.07) is 8.75. The Bertz CT molecular complexity index is 558. The molecule has 0 amide bonds. The number of halogens is 1. The summed E-state index contributed by atoms with van der Waals surface area (Å²) >= 11 is 6.02. The van der Waals surface area contributed by atoms with Gasteiger partial charge in [-0.3, -0.25) is 4.68 Å². The number of hydrogen-bond donors (Lipinski definition) is 1. The van der Waals surface area contributed by atoms with E-state index in [1.165, 1.54) is 11.1 Å². The minimum absolute atomic E-state index is 0.705. The maximum atomic E-state index is 6.02. The van der Waals surface area contributed by atoms with Gasteiger partial charge in [0.1, 0.15) is 0 Å². The molecule has 0 unspecified atom stereocenters. The van der Waals surface area contributed by atoms with Crippen LogP contribution in [0.3, 0.4) is 0 Å². The van der Waals surface area contributed by atoms with Crippen molar-refractivity contribution in [3.63, 3.8) is 0 Å². The normalized spacial score (nSPS) is 11.3. The lowest BCUT2D eigenvalue weighted by atomic mass is 10.1. The van der Waals surface area contributed by atoms with Crippen LogP contribution in [0.25, 0.3) is 0 Å². The van der Waals surface area contributed by atoms with Crippen molar-refractivity contribution in [2.75, 3.05) is 13.1 Å². The Morgan fingerprint density at radius 1 is 1.19 bits per heavy atom. The van der Waals surface area contributed by atoms with E-state index < -0.39 is 0 Å². The third-order valence-electron chi connectivity index (χ3n) is 3.54. The van der Waals surface area contributed by atoms with Crippen molar-refractivity contribution in [1.29, 1.82) is 0 Å². The molecular formula is C17H24ClN3.